The molecule has 1 aliphatic carbocycles. The fourth-order valence-corrected chi connectivity index (χ4v) is 2.13. The van der Waals surface area contributed by atoms with Crippen molar-refractivity contribution in [3.63, 3.8) is 0 Å². The van der Waals surface area contributed by atoms with Crippen LogP contribution in [0.4, 0.5) is 0 Å². The Hall–Kier alpha value is -0.610. The average molecular weight is 213 g/mol. The molecule has 1 heterocycles. The summed E-state index contributed by atoms with van der Waals surface area (Å²) < 4.78 is 10.3. The van der Waals surface area contributed by atoms with Gasteiger partial charge in [-0.25, -0.2) is 0 Å². The van der Waals surface area contributed by atoms with Crippen LogP contribution in [0.5, 0.6) is 0 Å². The highest BCUT2D eigenvalue weighted by Gasteiger charge is 2.39. The minimum absolute atomic E-state index is 0.121. The normalized spacial score (nSPS) is 32.7. The van der Waals surface area contributed by atoms with Gasteiger partial charge in [0.25, 0.3) is 0 Å². The lowest BCUT2D eigenvalue weighted by molar-refractivity contribution is -0.144. The maximum atomic E-state index is 11.6. The molecule has 0 spiro atoms. The van der Waals surface area contributed by atoms with Gasteiger partial charge in [-0.05, 0) is 32.1 Å². The van der Waals surface area contributed by atoms with Gasteiger partial charge in [0.2, 0.25) is 0 Å². The number of methoxy groups -OCH3 is 1. The molecule has 0 aromatic rings. The monoisotopic (exact) mass is 213 g/mol. The quantitative estimate of drug-likeness (QED) is 0.698. The second-order valence-corrected chi connectivity index (χ2v) is 4.48. The first-order valence-electron chi connectivity index (χ1n) is 5.68. The minimum atomic E-state index is -0.128. The van der Waals surface area contributed by atoms with E-state index in [1.54, 1.807) is 0 Å². The number of nitrogens with one attached hydrogen (secondary N) is 1. The molecule has 86 valence electrons. The maximum absolute atomic E-state index is 11.6. The summed E-state index contributed by atoms with van der Waals surface area (Å²) >= 11 is 0. The molecule has 1 aliphatic heterocycles. The molecule has 4 heteroatoms. The molecule has 15 heavy (non-hydrogen) atoms. The van der Waals surface area contributed by atoms with Crippen LogP contribution in [0.25, 0.3) is 0 Å². The van der Waals surface area contributed by atoms with Crippen LogP contribution in [0.15, 0.2) is 0 Å². The first kappa shape index (κ1) is 10.9. The average Bonchev–Trinajstić information content (AvgIpc) is 2.99. The van der Waals surface area contributed by atoms with Crippen LogP contribution < -0.4 is 5.32 Å². The van der Waals surface area contributed by atoms with Gasteiger partial charge in [-0.3, -0.25) is 10.1 Å². The van der Waals surface area contributed by atoms with Crippen molar-refractivity contribution in [3.8, 4) is 0 Å². The van der Waals surface area contributed by atoms with Gasteiger partial charge in [0.15, 0.2) is 0 Å². The van der Waals surface area contributed by atoms with E-state index in [1.165, 1.54) is 7.11 Å². The number of rotatable bonds is 4. The Bertz CT molecular complexity index is 240. The maximum Gasteiger partial charge on any atom is 0.323 e. The van der Waals surface area contributed by atoms with Gasteiger partial charge in [0.05, 0.1) is 13.2 Å². The van der Waals surface area contributed by atoms with Crippen LogP contribution in [0.3, 0.4) is 0 Å². The molecule has 0 amide bonds. The molecule has 2 fully saturated rings. The van der Waals surface area contributed by atoms with Gasteiger partial charge in [0.1, 0.15) is 6.04 Å². The highest BCUT2D eigenvalue weighted by Crippen LogP contribution is 2.34. The van der Waals surface area contributed by atoms with Gasteiger partial charge in [-0.2, -0.15) is 0 Å². The van der Waals surface area contributed by atoms with Gasteiger partial charge >= 0.3 is 5.97 Å². The van der Waals surface area contributed by atoms with Gasteiger partial charge < -0.3 is 9.47 Å². The zero-order valence-corrected chi connectivity index (χ0v) is 9.36. The van der Waals surface area contributed by atoms with Gasteiger partial charge in [0, 0.05) is 12.6 Å². The summed E-state index contributed by atoms with van der Waals surface area (Å²) in [6.45, 7) is 2.84. The molecule has 0 aromatic heterocycles. The molecule has 3 unspecified atom stereocenters. The summed E-state index contributed by atoms with van der Waals surface area (Å²) in [6, 6.07) is 0.179. The Labute approximate surface area is 90.3 Å². The fraction of sp³-hybridized carbons (Fsp3) is 0.909. The number of hydrogen-bond donors (Lipinski definition) is 1. The molecule has 0 bridgehead atoms. The number of carbonyl (C=O) groups is 1. The number of carbonyl (C=O) groups excluding carboxylic acids is 1. The molecule has 1 saturated carbocycles. The summed E-state index contributed by atoms with van der Waals surface area (Å²) in [4.78, 5) is 11.6. The molecule has 0 aromatic carbocycles. The van der Waals surface area contributed by atoms with Crippen molar-refractivity contribution >= 4 is 5.97 Å². The standard InChI is InChI=1S/C11H19NO3/c1-7-9(5-6-15-7)12-10(8-3-4-8)11(13)14-2/h7-10,12H,3-6H2,1-2H3. The summed E-state index contributed by atoms with van der Waals surface area (Å²) in [5.74, 6) is 0.349. The van der Waals surface area contributed by atoms with E-state index < -0.39 is 0 Å². The topological polar surface area (TPSA) is 47.6 Å². The summed E-state index contributed by atoms with van der Waals surface area (Å²) in [6.07, 6.45) is 3.46. The summed E-state index contributed by atoms with van der Waals surface area (Å²) in [7, 11) is 1.45. The molecule has 1 saturated heterocycles. The fourth-order valence-electron chi connectivity index (χ4n) is 2.13. The molecule has 2 rings (SSSR count). The van der Waals surface area contributed by atoms with Crippen molar-refractivity contribution in [3.05, 3.63) is 0 Å². The Balaban J connectivity index is 1.91. The Morgan fingerprint density at radius 2 is 2.20 bits per heavy atom. The third-order valence-corrected chi connectivity index (χ3v) is 3.32. The number of esters is 1. The molecule has 0 radical (unpaired) electrons. The number of ether oxygens (including phenoxy) is 2. The van der Waals surface area contributed by atoms with Crippen LogP contribution >= 0.6 is 0 Å². The first-order valence-corrected chi connectivity index (χ1v) is 5.68. The van der Waals surface area contributed by atoms with E-state index in [-0.39, 0.29) is 18.1 Å². The van der Waals surface area contributed by atoms with E-state index in [0.29, 0.717) is 12.0 Å². The van der Waals surface area contributed by atoms with E-state index in [4.69, 9.17) is 9.47 Å². The van der Waals surface area contributed by atoms with Crippen LogP contribution in [0.1, 0.15) is 26.2 Å². The van der Waals surface area contributed by atoms with Crippen LogP contribution in [0.2, 0.25) is 0 Å². The summed E-state index contributed by atoms with van der Waals surface area (Å²) in [5, 5.41) is 3.38. The predicted molar refractivity (Wildman–Crippen MR) is 55.5 cm³/mol. The van der Waals surface area contributed by atoms with Gasteiger partial charge in [-0.15, -0.1) is 0 Å². The highest BCUT2D eigenvalue weighted by molar-refractivity contribution is 5.76. The van der Waals surface area contributed by atoms with Crippen LogP contribution in [-0.2, 0) is 14.3 Å². The van der Waals surface area contributed by atoms with Crippen molar-refractivity contribution in [1.82, 2.24) is 5.32 Å². The van der Waals surface area contributed by atoms with E-state index in [2.05, 4.69) is 5.32 Å². The zero-order chi connectivity index (χ0) is 10.8. The molecular formula is C11H19NO3. The number of hydrogen-bond acceptors (Lipinski definition) is 4. The van der Waals surface area contributed by atoms with Crippen LogP contribution in [0, 0.1) is 5.92 Å². The first-order chi connectivity index (χ1) is 7.22. The SMILES string of the molecule is COC(=O)C(NC1CCOC1C)C1CC1. The lowest BCUT2D eigenvalue weighted by Crippen LogP contribution is -2.47. The largest absolute Gasteiger partial charge is 0.468 e. The molecule has 3 atom stereocenters. The van der Waals surface area contributed by atoms with Crippen molar-refractivity contribution in [2.75, 3.05) is 13.7 Å². The second-order valence-electron chi connectivity index (χ2n) is 4.48. The second kappa shape index (κ2) is 4.49. The highest BCUT2D eigenvalue weighted by atomic mass is 16.5. The molecular weight excluding hydrogens is 194 g/mol. The third-order valence-electron chi connectivity index (χ3n) is 3.32. The Morgan fingerprint density at radius 3 is 2.67 bits per heavy atom. The van der Waals surface area contributed by atoms with Crippen LogP contribution in [-0.4, -0.2) is 37.9 Å². The zero-order valence-electron chi connectivity index (χ0n) is 9.36. The van der Waals surface area contributed by atoms with Crippen molar-refractivity contribution in [2.24, 2.45) is 5.92 Å². The van der Waals surface area contributed by atoms with E-state index in [9.17, 15) is 4.79 Å². The predicted octanol–water partition coefficient (Wildman–Crippen LogP) is 0.705. The Kier molecular flexibility index (Phi) is 3.26. The lowest BCUT2D eigenvalue weighted by atomic mass is 10.1. The lowest BCUT2D eigenvalue weighted by Gasteiger charge is -2.22. The van der Waals surface area contributed by atoms with Crippen molar-refractivity contribution in [2.45, 2.75) is 44.4 Å². The van der Waals surface area contributed by atoms with Crippen molar-refractivity contribution < 1.29 is 14.3 Å². The van der Waals surface area contributed by atoms with Gasteiger partial charge in [-0.1, -0.05) is 0 Å². The van der Waals surface area contributed by atoms with E-state index in [0.717, 1.165) is 25.9 Å². The minimum Gasteiger partial charge on any atom is -0.468 e. The van der Waals surface area contributed by atoms with E-state index in [1.807, 2.05) is 6.92 Å². The molecule has 2 aliphatic rings. The van der Waals surface area contributed by atoms with Crippen molar-refractivity contribution in [1.29, 1.82) is 0 Å². The summed E-state index contributed by atoms with van der Waals surface area (Å²) in [5.41, 5.74) is 0. The molecule has 4 nitrogen and oxygen atoms in total. The van der Waals surface area contributed by atoms with E-state index >= 15 is 0 Å². The molecule has 1 N–H and O–H groups in total. The third kappa shape index (κ3) is 2.49. The Morgan fingerprint density at radius 1 is 1.47 bits per heavy atom. The smallest absolute Gasteiger partial charge is 0.323 e.